The van der Waals surface area contributed by atoms with Gasteiger partial charge in [-0.25, -0.2) is 4.98 Å². The zero-order chi connectivity index (χ0) is 18.8. The van der Waals surface area contributed by atoms with Crippen LogP contribution in [0.1, 0.15) is 62.3 Å². The van der Waals surface area contributed by atoms with E-state index in [-0.39, 0.29) is 30.1 Å². The Labute approximate surface area is 185 Å². The molecule has 8 heteroatoms. The van der Waals surface area contributed by atoms with Crippen molar-refractivity contribution >= 4 is 41.3 Å². The van der Waals surface area contributed by atoms with Crippen LogP contribution in [-0.2, 0) is 16.0 Å². The molecule has 1 aliphatic carbocycles. The molecular weight excluding hydrogens is 475 g/mol. The number of guanidine groups is 1. The first kappa shape index (κ1) is 24.6. The number of halogens is 1. The maximum atomic E-state index is 5.98. The number of ether oxygens (including phenoxy) is 2. The first-order valence-corrected chi connectivity index (χ1v) is 10.5. The molecule has 1 aliphatic rings. The van der Waals surface area contributed by atoms with E-state index >= 15 is 0 Å². The van der Waals surface area contributed by atoms with Gasteiger partial charge in [0.1, 0.15) is 11.1 Å². The number of nitrogens with one attached hydrogen (secondary N) is 1. The van der Waals surface area contributed by atoms with Crippen LogP contribution in [0.4, 0.5) is 0 Å². The fourth-order valence-corrected chi connectivity index (χ4v) is 3.98. The Kier molecular flexibility index (Phi) is 12.5. The molecule has 156 valence electrons. The van der Waals surface area contributed by atoms with E-state index in [4.69, 9.17) is 9.47 Å². The summed E-state index contributed by atoms with van der Waals surface area (Å²) < 4.78 is 11.3. The Balaban J connectivity index is 0.00000364. The van der Waals surface area contributed by atoms with Gasteiger partial charge in [-0.05, 0) is 26.2 Å². The van der Waals surface area contributed by atoms with Crippen molar-refractivity contribution in [1.82, 2.24) is 15.2 Å². The largest absolute Gasteiger partial charge is 0.378 e. The highest BCUT2D eigenvalue weighted by Crippen LogP contribution is 2.21. The third-order valence-electron chi connectivity index (χ3n) is 4.75. The van der Waals surface area contributed by atoms with E-state index < -0.39 is 0 Å². The molecule has 0 amide bonds. The summed E-state index contributed by atoms with van der Waals surface area (Å²) in [5.41, 5.74) is 1.04. The number of aromatic nitrogens is 1. The van der Waals surface area contributed by atoms with E-state index in [9.17, 15) is 0 Å². The van der Waals surface area contributed by atoms with Gasteiger partial charge < -0.3 is 19.7 Å². The van der Waals surface area contributed by atoms with Crippen LogP contribution in [-0.4, -0.2) is 56.3 Å². The van der Waals surface area contributed by atoms with Crippen LogP contribution in [0.15, 0.2) is 10.4 Å². The van der Waals surface area contributed by atoms with Crippen molar-refractivity contribution in [2.45, 2.75) is 64.2 Å². The van der Waals surface area contributed by atoms with E-state index in [1.165, 1.54) is 32.1 Å². The molecule has 1 atom stereocenters. The minimum Gasteiger partial charge on any atom is -0.378 e. The van der Waals surface area contributed by atoms with Gasteiger partial charge in [0.2, 0.25) is 0 Å². The van der Waals surface area contributed by atoms with Crippen LogP contribution in [0.25, 0.3) is 0 Å². The summed E-state index contributed by atoms with van der Waals surface area (Å²) in [4.78, 5) is 11.1. The van der Waals surface area contributed by atoms with Crippen molar-refractivity contribution in [1.29, 1.82) is 0 Å². The van der Waals surface area contributed by atoms with E-state index in [0.29, 0.717) is 6.10 Å². The SMILES string of the molecule is CN=C(NCCCOC1CCCCC1)N(C)Cc1csc(C(C)OC)n1.I. The van der Waals surface area contributed by atoms with E-state index in [2.05, 4.69) is 25.6 Å². The molecule has 0 aromatic carbocycles. The lowest BCUT2D eigenvalue weighted by molar-refractivity contribution is 0.0276. The number of aliphatic imine (C=N–C) groups is 1. The average Bonchev–Trinajstić information content (AvgIpc) is 3.13. The highest BCUT2D eigenvalue weighted by molar-refractivity contribution is 14.0. The normalized spacial score (nSPS) is 16.7. The van der Waals surface area contributed by atoms with Gasteiger partial charge in [-0.15, -0.1) is 35.3 Å². The predicted molar refractivity (Wildman–Crippen MR) is 123 cm³/mol. The fourth-order valence-electron chi connectivity index (χ4n) is 3.14. The first-order valence-electron chi connectivity index (χ1n) is 9.64. The van der Waals surface area contributed by atoms with E-state index in [1.54, 1.807) is 18.4 Å². The van der Waals surface area contributed by atoms with Crippen molar-refractivity contribution in [2.24, 2.45) is 4.99 Å². The standard InChI is InChI=1S/C19H34N4O2S.HI/c1-15(24-4)18-22-16(14-26-18)13-23(3)19(20-2)21-11-8-12-25-17-9-6-5-7-10-17;/h14-15,17H,5-13H2,1-4H3,(H,20,21);1H. The molecule has 0 radical (unpaired) electrons. The highest BCUT2D eigenvalue weighted by Gasteiger charge is 2.14. The molecule has 0 saturated heterocycles. The van der Waals surface area contributed by atoms with Crippen molar-refractivity contribution in [3.63, 3.8) is 0 Å². The van der Waals surface area contributed by atoms with Gasteiger partial charge in [0, 0.05) is 39.7 Å². The zero-order valence-corrected chi connectivity index (χ0v) is 20.2. The summed E-state index contributed by atoms with van der Waals surface area (Å²) in [7, 11) is 5.56. The van der Waals surface area contributed by atoms with Crippen molar-refractivity contribution in [3.8, 4) is 0 Å². The molecule has 0 spiro atoms. The molecule has 1 N–H and O–H groups in total. The van der Waals surface area contributed by atoms with Gasteiger partial charge >= 0.3 is 0 Å². The molecule has 1 fully saturated rings. The monoisotopic (exact) mass is 510 g/mol. The quantitative estimate of drug-likeness (QED) is 0.234. The summed E-state index contributed by atoms with van der Waals surface area (Å²) in [5.74, 6) is 0.886. The summed E-state index contributed by atoms with van der Waals surface area (Å²) in [6, 6.07) is 0. The Morgan fingerprint density at radius 1 is 1.41 bits per heavy atom. The van der Waals surface area contributed by atoms with Gasteiger partial charge in [-0.2, -0.15) is 0 Å². The smallest absolute Gasteiger partial charge is 0.193 e. The molecule has 0 aliphatic heterocycles. The Morgan fingerprint density at radius 2 is 2.15 bits per heavy atom. The molecule has 0 bridgehead atoms. The van der Waals surface area contributed by atoms with Crippen LogP contribution in [0.3, 0.4) is 0 Å². The molecule has 27 heavy (non-hydrogen) atoms. The third-order valence-corrected chi connectivity index (χ3v) is 5.81. The summed E-state index contributed by atoms with van der Waals surface area (Å²) in [6.07, 6.45) is 8.00. The molecule has 1 unspecified atom stereocenters. The number of nitrogens with zero attached hydrogens (tertiary/aromatic N) is 3. The molecule has 1 aromatic rings. The number of thiazole rings is 1. The highest BCUT2D eigenvalue weighted by atomic mass is 127. The Morgan fingerprint density at radius 3 is 2.81 bits per heavy atom. The first-order chi connectivity index (χ1) is 12.6. The van der Waals surface area contributed by atoms with Crippen molar-refractivity contribution in [2.75, 3.05) is 34.4 Å². The predicted octanol–water partition coefficient (Wildman–Crippen LogP) is 4.22. The number of rotatable bonds is 9. The van der Waals surface area contributed by atoms with E-state index in [0.717, 1.165) is 42.8 Å². The van der Waals surface area contributed by atoms with Crippen LogP contribution in [0, 0.1) is 0 Å². The molecule has 1 aromatic heterocycles. The molecule has 2 rings (SSSR count). The van der Waals surface area contributed by atoms with Gasteiger partial charge in [-0.1, -0.05) is 19.3 Å². The lowest BCUT2D eigenvalue weighted by Gasteiger charge is -2.23. The maximum Gasteiger partial charge on any atom is 0.193 e. The zero-order valence-electron chi connectivity index (χ0n) is 17.1. The molecule has 1 saturated carbocycles. The molecule has 1 heterocycles. The second-order valence-electron chi connectivity index (χ2n) is 6.87. The van der Waals surface area contributed by atoms with Gasteiger partial charge in [0.05, 0.1) is 18.3 Å². The summed E-state index contributed by atoms with van der Waals surface area (Å²) >= 11 is 1.64. The van der Waals surface area contributed by atoms with Crippen LogP contribution >= 0.6 is 35.3 Å². The Bertz CT molecular complexity index is 550. The minimum atomic E-state index is 0. The lowest BCUT2D eigenvalue weighted by atomic mass is 9.98. The summed E-state index contributed by atoms with van der Waals surface area (Å²) in [5, 5.41) is 6.52. The van der Waals surface area contributed by atoms with Crippen molar-refractivity contribution < 1.29 is 9.47 Å². The number of hydrogen-bond acceptors (Lipinski definition) is 5. The van der Waals surface area contributed by atoms with Gasteiger partial charge in [0.15, 0.2) is 5.96 Å². The minimum absolute atomic E-state index is 0. The third kappa shape index (κ3) is 8.62. The summed E-state index contributed by atoms with van der Waals surface area (Å²) in [6.45, 7) is 4.43. The van der Waals surface area contributed by atoms with Crippen molar-refractivity contribution in [3.05, 3.63) is 16.1 Å². The van der Waals surface area contributed by atoms with Gasteiger partial charge in [0.25, 0.3) is 0 Å². The van der Waals surface area contributed by atoms with Crippen LogP contribution < -0.4 is 5.32 Å². The molecule has 6 nitrogen and oxygen atoms in total. The average molecular weight is 510 g/mol. The van der Waals surface area contributed by atoms with E-state index in [1.807, 2.05) is 21.0 Å². The maximum absolute atomic E-state index is 5.98. The molecular formula is C19H35IN4O2S. The Hall–Kier alpha value is -0.450. The van der Waals surface area contributed by atoms with Crippen LogP contribution in [0.2, 0.25) is 0 Å². The van der Waals surface area contributed by atoms with Crippen LogP contribution in [0.5, 0.6) is 0 Å². The fraction of sp³-hybridized carbons (Fsp3) is 0.789. The number of methoxy groups -OCH3 is 1. The number of hydrogen-bond donors (Lipinski definition) is 1. The second kappa shape index (κ2) is 13.7. The second-order valence-corrected chi connectivity index (χ2v) is 7.76. The topological polar surface area (TPSA) is 59.0 Å². The van der Waals surface area contributed by atoms with Gasteiger partial charge in [-0.3, -0.25) is 4.99 Å². The lowest BCUT2D eigenvalue weighted by Crippen LogP contribution is -2.39.